The molecule has 0 radical (unpaired) electrons. The minimum Gasteiger partial charge on any atom is -0.465 e. The molecule has 1 fully saturated rings. The Balaban J connectivity index is 2.49. The Morgan fingerprint density at radius 3 is 2.30 bits per heavy atom. The van der Waals surface area contributed by atoms with Crippen LogP contribution in [0.5, 0.6) is 0 Å². The Labute approximate surface area is 132 Å². The average molecular weight is 352 g/mol. The second-order valence-electron chi connectivity index (χ2n) is 4.86. The number of rotatable bonds is 8. The maximum Gasteiger partial charge on any atom is 0.492 e. The number of nitrogens with two attached hydrogens (primary N) is 1. The van der Waals surface area contributed by atoms with Crippen LogP contribution in [0.2, 0.25) is 0 Å². The van der Waals surface area contributed by atoms with Gasteiger partial charge in [-0.05, 0) is 6.92 Å². The third-order valence-corrected chi connectivity index (χ3v) is 4.46. The largest absolute Gasteiger partial charge is 0.492 e. The zero-order chi connectivity index (χ0) is 17.8. The topological polar surface area (TPSA) is 176 Å². The molecule has 1 aliphatic heterocycles. The van der Waals surface area contributed by atoms with E-state index in [1.54, 1.807) is 6.92 Å². The number of hydrogen-bond acceptors (Lipinski definition) is 9. The Hall–Kier alpha value is -2.15. The zero-order valence-corrected chi connectivity index (χ0v) is 13.0. The highest BCUT2D eigenvalue weighted by molar-refractivity contribution is 7.85. The SMILES string of the molecule is CCOC(=O)[C@@H](N)CS(=O)CC(=O)N1CC([N+](=O)[O-])([N+](=O)[O-])C1. The minimum absolute atomic E-state index is 0.107. The van der Waals surface area contributed by atoms with Gasteiger partial charge in [-0.25, -0.2) is 0 Å². The molecule has 12 nitrogen and oxygen atoms in total. The van der Waals surface area contributed by atoms with Crippen LogP contribution in [0.15, 0.2) is 0 Å². The lowest BCUT2D eigenvalue weighted by Crippen LogP contribution is -2.71. The molecule has 23 heavy (non-hydrogen) atoms. The number of amides is 1. The van der Waals surface area contributed by atoms with Crippen molar-refractivity contribution in [3.05, 3.63) is 20.2 Å². The molecule has 1 rings (SSSR count). The molecule has 0 bridgehead atoms. The highest BCUT2D eigenvalue weighted by Gasteiger charge is 2.67. The van der Waals surface area contributed by atoms with Gasteiger partial charge in [-0.15, -0.1) is 0 Å². The molecule has 13 heteroatoms. The Kier molecular flexibility index (Phi) is 6.09. The fourth-order valence-corrected chi connectivity index (χ4v) is 2.96. The number of nitrogens with zero attached hydrogens (tertiary/aromatic N) is 3. The van der Waals surface area contributed by atoms with Crippen LogP contribution < -0.4 is 5.73 Å². The molecule has 1 saturated heterocycles. The fraction of sp³-hybridized carbons (Fsp3) is 0.800. The van der Waals surface area contributed by atoms with Gasteiger partial charge in [0, 0.05) is 16.6 Å². The third kappa shape index (κ3) is 4.19. The highest BCUT2D eigenvalue weighted by atomic mass is 32.2. The number of hydrogen-bond donors (Lipinski definition) is 1. The van der Waals surface area contributed by atoms with Crippen molar-refractivity contribution in [2.45, 2.75) is 18.6 Å². The van der Waals surface area contributed by atoms with Gasteiger partial charge in [0.25, 0.3) is 0 Å². The van der Waals surface area contributed by atoms with Gasteiger partial charge in [0.05, 0.1) is 6.61 Å². The second-order valence-corrected chi connectivity index (χ2v) is 6.36. The van der Waals surface area contributed by atoms with Gasteiger partial charge >= 0.3 is 11.6 Å². The van der Waals surface area contributed by atoms with E-state index in [0.29, 0.717) is 0 Å². The summed E-state index contributed by atoms with van der Waals surface area (Å²) in [5, 5.41) is 21.4. The predicted octanol–water partition coefficient (Wildman–Crippen LogP) is -2.28. The molecular formula is C10H16N4O8S. The summed E-state index contributed by atoms with van der Waals surface area (Å²) in [6.45, 7) is 0.307. The highest BCUT2D eigenvalue weighted by Crippen LogP contribution is 2.25. The molecule has 0 saturated carbocycles. The first-order valence-electron chi connectivity index (χ1n) is 6.48. The lowest BCUT2D eigenvalue weighted by molar-refractivity contribution is -0.809. The maximum atomic E-state index is 11.8. The first-order chi connectivity index (χ1) is 10.6. The molecule has 1 aliphatic rings. The van der Waals surface area contributed by atoms with Crippen LogP contribution >= 0.6 is 0 Å². The minimum atomic E-state index is -2.40. The van der Waals surface area contributed by atoms with Crippen LogP contribution in [0.25, 0.3) is 0 Å². The molecule has 0 aliphatic carbocycles. The summed E-state index contributed by atoms with van der Waals surface area (Å²) in [6.07, 6.45) is 0. The molecule has 1 amide bonds. The summed E-state index contributed by atoms with van der Waals surface area (Å²) in [7, 11) is -1.80. The summed E-state index contributed by atoms with van der Waals surface area (Å²) in [5.74, 6) is -2.33. The number of nitro groups is 2. The van der Waals surface area contributed by atoms with E-state index in [0.717, 1.165) is 4.90 Å². The smallest absolute Gasteiger partial charge is 0.465 e. The van der Waals surface area contributed by atoms with Crippen molar-refractivity contribution in [2.24, 2.45) is 5.73 Å². The summed E-state index contributed by atoms with van der Waals surface area (Å²) in [4.78, 5) is 43.3. The van der Waals surface area contributed by atoms with E-state index in [-0.39, 0.29) is 12.4 Å². The van der Waals surface area contributed by atoms with E-state index in [1.165, 1.54) is 0 Å². The first-order valence-corrected chi connectivity index (χ1v) is 7.96. The number of likely N-dealkylation sites (tertiary alicyclic amines) is 1. The van der Waals surface area contributed by atoms with Crippen LogP contribution in [0.1, 0.15) is 6.92 Å². The normalized spacial score (nSPS) is 18.4. The zero-order valence-electron chi connectivity index (χ0n) is 12.2. The van der Waals surface area contributed by atoms with Gasteiger partial charge in [-0.1, -0.05) is 0 Å². The summed E-state index contributed by atoms with van der Waals surface area (Å²) >= 11 is 0. The molecule has 1 heterocycles. The number of carbonyl (C=O) groups excluding carboxylic acids is 2. The van der Waals surface area contributed by atoms with Crippen LogP contribution in [0.4, 0.5) is 0 Å². The van der Waals surface area contributed by atoms with E-state index in [2.05, 4.69) is 4.74 Å². The predicted molar refractivity (Wildman–Crippen MR) is 75.8 cm³/mol. The lowest BCUT2D eigenvalue weighted by Gasteiger charge is -2.35. The molecule has 2 N–H and O–H groups in total. The van der Waals surface area contributed by atoms with Crippen LogP contribution in [0.3, 0.4) is 0 Å². The van der Waals surface area contributed by atoms with Gasteiger partial charge in [0.15, 0.2) is 13.1 Å². The van der Waals surface area contributed by atoms with E-state index in [1.807, 2.05) is 0 Å². The van der Waals surface area contributed by atoms with Crippen LogP contribution in [-0.2, 0) is 25.1 Å². The van der Waals surface area contributed by atoms with Crippen LogP contribution in [0, 0.1) is 20.2 Å². The molecule has 0 aromatic carbocycles. The van der Waals surface area contributed by atoms with Crippen molar-refractivity contribution in [3.63, 3.8) is 0 Å². The molecule has 0 aromatic rings. The van der Waals surface area contributed by atoms with E-state index in [9.17, 15) is 34.0 Å². The van der Waals surface area contributed by atoms with E-state index >= 15 is 0 Å². The number of ether oxygens (including phenoxy) is 1. The average Bonchev–Trinajstić information content (AvgIpc) is 2.36. The van der Waals surface area contributed by atoms with Crippen molar-refractivity contribution in [1.29, 1.82) is 0 Å². The van der Waals surface area contributed by atoms with Crippen molar-refractivity contribution in [2.75, 3.05) is 31.2 Å². The van der Waals surface area contributed by atoms with Gasteiger partial charge in [0.1, 0.15) is 21.6 Å². The van der Waals surface area contributed by atoms with Crippen molar-refractivity contribution in [1.82, 2.24) is 4.90 Å². The molecule has 0 spiro atoms. The van der Waals surface area contributed by atoms with Crippen molar-refractivity contribution in [3.8, 4) is 0 Å². The van der Waals surface area contributed by atoms with E-state index < -0.39 is 63.1 Å². The quantitative estimate of drug-likeness (QED) is 0.218. The summed E-state index contributed by atoms with van der Waals surface area (Å²) < 4.78 is 16.4. The summed E-state index contributed by atoms with van der Waals surface area (Å²) in [6, 6.07) is -1.16. The standard InChI is InChI=1S/C10H16N4O8S/c1-2-22-9(16)7(11)3-23(21)4-8(15)12-5-10(6-12,13(17)18)14(19)20/h7H,2-6,11H2,1H3/t7-,23?/m0/s1. The van der Waals surface area contributed by atoms with Crippen molar-refractivity contribution >= 4 is 22.7 Å². The number of carbonyl (C=O) groups is 2. The molecule has 130 valence electrons. The summed E-state index contributed by atoms with van der Waals surface area (Å²) in [5.41, 5.74) is 3.05. The fourth-order valence-electron chi connectivity index (χ4n) is 1.84. The van der Waals surface area contributed by atoms with Gasteiger partial charge in [-0.2, -0.15) is 0 Å². The monoisotopic (exact) mass is 352 g/mol. The second kappa shape index (κ2) is 7.41. The van der Waals surface area contributed by atoms with Crippen molar-refractivity contribution < 1.29 is 28.4 Å². The lowest BCUT2D eigenvalue weighted by atomic mass is 10.0. The molecule has 1 unspecified atom stereocenters. The molecule has 2 atom stereocenters. The van der Waals surface area contributed by atoms with Gasteiger partial charge < -0.3 is 15.4 Å². The maximum absolute atomic E-state index is 11.8. The molecule has 0 aromatic heterocycles. The van der Waals surface area contributed by atoms with Gasteiger partial charge in [0.2, 0.25) is 5.91 Å². The Morgan fingerprint density at radius 2 is 1.87 bits per heavy atom. The van der Waals surface area contributed by atoms with Gasteiger partial charge in [-0.3, -0.25) is 34.0 Å². The number of esters is 1. The van der Waals surface area contributed by atoms with E-state index in [4.69, 9.17) is 5.73 Å². The third-order valence-electron chi connectivity index (χ3n) is 3.16. The van der Waals surface area contributed by atoms with Crippen LogP contribution in [-0.4, -0.2) is 73.7 Å². The molecular weight excluding hydrogens is 336 g/mol. The Morgan fingerprint density at radius 1 is 1.35 bits per heavy atom. The first kappa shape index (κ1) is 18.9. The Bertz CT molecular complexity index is 531.